The zero-order valence-corrected chi connectivity index (χ0v) is 12.2. The largest absolute Gasteiger partial charge is 0.468 e. The van der Waals surface area contributed by atoms with Crippen LogP contribution in [-0.4, -0.2) is 42.6 Å². The molecule has 0 bridgehead atoms. The number of β-amino-alcohol motifs (C(OH)–C–C–N with tert-alkyl or cyclic N) is 1. The van der Waals surface area contributed by atoms with Gasteiger partial charge in [0.25, 0.3) is 0 Å². The average molecular weight is 284 g/mol. The lowest BCUT2D eigenvalue weighted by molar-refractivity contribution is 0.0174. The van der Waals surface area contributed by atoms with Gasteiger partial charge in [-0.05, 0) is 50.2 Å². The van der Waals surface area contributed by atoms with E-state index in [0.29, 0.717) is 13.1 Å². The van der Waals surface area contributed by atoms with E-state index in [1.165, 1.54) is 0 Å². The summed E-state index contributed by atoms with van der Waals surface area (Å²) >= 11 is 1.89. The highest BCUT2D eigenvalue weighted by Gasteiger charge is 2.28. The van der Waals surface area contributed by atoms with Crippen molar-refractivity contribution in [2.45, 2.75) is 30.6 Å². The molecule has 4 nitrogen and oxygen atoms in total. The minimum absolute atomic E-state index is 0.542. The van der Waals surface area contributed by atoms with Gasteiger partial charge in [-0.3, -0.25) is 0 Å². The number of aliphatic hydroxyl groups is 1. The van der Waals surface area contributed by atoms with E-state index in [-0.39, 0.29) is 0 Å². The number of hydrogen-bond donors (Lipinski definition) is 3. The van der Waals surface area contributed by atoms with Crippen LogP contribution in [-0.2, 0) is 5.75 Å². The van der Waals surface area contributed by atoms with Gasteiger partial charge in [-0.2, -0.15) is 11.8 Å². The van der Waals surface area contributed by atoms with Gasteiger partial charge in [0.15, 0.2) is 0 Å². The quantitative estimate of drug-likeness (QED) is 0.633. The van der Waals surface area contributed by atoms with Crippen LogP contribution in [0.3, 0.4) is 0 Å². The van der Waals surface area contributed by atoms with E-state index in [0.717, 1.165) is 49.6 Å². The Balaban J connectivity index is 1.45. The van der Waals surface area contributed by atoms with Crippen molar-refractivity contribution in [3.8, 4) is 0 Å². The molecular weight excluding hydrogens is 260 g/mol. The third kappa shape index (κ3) is 5.57. The molecule has 0 aromatic carbocycles. The lowest BCUT2D eigenvalue weighted by atomic mass is 9.94. The Labute approximate surface area is 119 Å². The average Bonchev–Trinajstić information content (AvgIpc) is 2.91. The summed E-state index contributed by atoms with van der Waals surface area (Å²) in [7, 11) is 0. The predicted octanol–water partition coefficient (Wildman–Crippen LogP) is 1.61. The first-order valence-corrected chi connectivity index (χ1v) is 8.18. The molecule has 1 unspecified atom stereocenters. The van der Waals surface area contributed by atoms with Gasteiger partial charge < -0.3 is 20.2 Å². The summed E-state index contributed by atoms with van der Waals surface area (Å²) < 4.78 is 5.28. The minimum Gasteiger partial charge on any atom is -0.468 e. The lowest BCUT2D eigenvalue weighted by Crippen LogP contribution is -2.52. The van der Waals surface area contributed by atoms with Gasteiger partial charge in [0.2, 0.25) is 0 Å². The molecule has 1 atom stereocenters. The normalized spacial score (nSPS) is 23.6. The maximum absolute atomic E-state index is 10.3. The molecule has 1 aromatic heterocycles. The Morgan fingerprint density at radius 3 is 3.21 bits per heavy atom. The highest BCUT2D eigenvalue weighted by atomic mass is 32.2. The zero-order valence-electron chi connectivity index (χ0n) is 11.4. The SMILES string of the molecule is OC1(CNCCCSCc2ccco2)CCCNC1. The fraction of sp³-hybridized carbons (Fsp3) is 0.714. The van der Waals surface area contributed by atoms with Gasteiger partial charge in [0, 0.05) is 13.1 Å². The van der Waals surface area contributed by atoms with Crippen LogP contribution in [0.2, 0.25) is 0 Å². The van der Waals surface area contributed by atoms with Crippen LogP contribution in [0.15, 0.2) is 22.8 Å². The second kappa shape index (κ2) is 7.94. The Morgan fingerprint density at radius 2 is 2.47 bits per heavy atom. The van der Waals surface area contributed by atoms with Crippen molar-refractivity contribution in [1.82, 2.24) is 10.6 Å². The van der Waals surface area contributed by atoms with E-state index >= 15 is 0 Å². The zero-order chi connectivity index (χ0) is 13.4. The predicted molar refractivity (Wildman–Crippen MR) is 79.4 cm³/mol. The maximum atomic E-state index is 10.3. The van der Waals surface area contributed by atoms with Crippen LogP contribution in [0.5, 0.6) is 0 Å². The standard InChI is InChI=1S/C14H24N2O2S/c17-14(5-2-6-15-11-14)12-16-7-3-9-19-10-13-4-1-8-18-13/h1,4,8,15-17H,2-3,5-7,9-12H2. The molecule has 1 aliphatic rings. The van der Waals surface area contributed by atoms with Crippen molar-refractivity contribution in [2.75, 3.05) is 31.9 Å². The third-order valence-electron chi connectivity index (χ3n) is 3.37. The van der Waals surface area contributed by atoms with Gasteiger partial charge in [0.05, 0.1) is 17.6 Å². The smallest absolute Gasteiger partial charge is 0.113 e. The first kappa shape index (κ1) is 14.9. The number of rotatable bonds is 8. The molecule has 0 amide bonds. The summed E-state index contributed by atoms with van der Waals surface area (Å²) in [6.45, 7) is 3.41. The Bertz CT molecular complexity index is 337. The third-order valence-corrected chi connectivity index (χ3v) is 4.44. The highest BCUT2D eigenvalue weighted by molar-refractivity contribution is 7.98. The van der Waals surface area contributed by atoms with Crippen molar-refractivity contribution in [2.24, 2.45) is 0 Å². The molecule has 1 saturated heterocycles. The van der Waals surface area contributed by atoms with Crippen molar-refractivity contribution >= 4 is 11.8 Å². The van der Waals surface area contributed by atoms with Crippen molar-refractivity contribution in [1.29, 1.82) is 0 Å². The van der Waals surface area contributed by atoms with E-state index in [1.54, 1.807) is 6.26 Å². The molecule has 1 aromatic rings. The molecule has 19 heavy (non-hydrogen) atoms. The van der Waals surface area contributed by atoms with E-state index < -0.39 is 5.60 Å². The summed E-state index contributed by atoms with van der Waals surface area (Å²) in [6.07, 6.45) is 4.81. The van der Waals surface area contributed by atoms with Crippen LogP contribution in [0, 0.1) is 0 Å². The van der Waals surface area contributed by atoms with Gasteiger partial charge >= 0.3 is 0 Å². The van der Waals surface area contributed by atoms with Crippen LogP contribution in [0.1, 0.15) is 25.0 Å². The van der Waals surface area contributed by atoms with Crippen molar-refractivity contribution in [3.05, 3.63) is 24.2 Å². The Morgan fingerprint density at radius 1 is 1.53 bits per heavy atom. The topological polar surface area (TPSA) is 57.4 Å². The Hall–Kier alpha value is -0.490. The molecular formula is C14H24N2O2S. The van der Waals surface area contributed by atoms with Crippen LogP contribution in [0.4, 0.5) is 0 Å². The molecule has 0 aliphatic carbocycles. The number of piperidine rings is 1. The molecule has 1 aliphatic heterocycles. The fourth-order valence-electron chi connectivity index (χ4n) is 2.29. The maximum Gasteiger partial charge on any atom is 0.113 e. The van der Waals surface area contributed by atoms with Gasteiger partial charge in [-0.15, -0.1) is 0 Å². The minimum atomic E-state index is -0.542. The molecule has 5 heteroatoms. The van der Waals surface area contributed by atoms with Gasteiger partial charge in [-0.25, -0.2) is 0 Å². The molecule has 1 fully saturated rings. The lowest BCUT2D eigenvalue weighted by Gasteiger charge is -2.32. The first-order valence-electron chi connectivity index (χ1n) is 7.02. The van der Waals surface area contributed by atoms with Gasteiger partial charge in [0.1, 0.15) is 5.76 Å². The molecule has 0 radical (unpaired) electrons. The van der Waals surface area contributed by atoms with Crippen molar-refractivity contribution in [3.63, 3.8) is 0 Å². The Kier molecular flexibility index (Phi) is 6.23. The monoisotopic (exact) mass is 284 g/mol. The van der Waals surface area contributed by atoms with Crippen molar-refractivity contribution < 1.29 is 9.52 Å². The molecule has 0 saturated carbocycles. The number of nitrogens with one attached hydrogen (secondary N) is 2. The summed E-state index contributed by atoms with van der Waals surface area (Å²) in [5.74, 6) is 3.10. The van der Waals surface area contributed by atoms with Crippen LogP contribution in [0.25, 0.3) is 0 Å². The molecule has 2 heterocycles. The van der Waals surface area contributed by atoms with Crippen LogP contribution >= 0.6 is 11.8 Å². The number of thioether (sulfide) groups is 1. The highest BCUT2D eigenvalue weighted by Crippen LogP contribution is 2.15. The second-order valence-corrected chi connectivity index (χ2v) is 6.27. The molecule has 2 rings (SSSR count). The summed E-state index contributed by atoms with van der Waals surface area (Å²) in [5.41, 5.74) is -0.542. The first-order chi connectivity index (χ1) is 9.29. The summed E-state index contributed by atoms with van der Waals surface area (Å²) in [5, 5.41) is 16.9. The van der Waals surface area contributed by atoms with E-state index in [4.69, 9.17) is 4.42 Å². The van der Waals surface area contributed by atoms with E-state index in [2.05, 4.69) is 10.6 Å². The fourth-order valence-corrected chi connectivity index (χ4v) is 3.15. The molecule has 108 valence electrons. The molecule has 0 spiro atoms. The van der Waals surface area contributed by atoms with Crippen LogP contribution < -0.4 is 10.6 Å². The molecule has 3 N–H and O–H groups in total. The summed E-state index contributed by atoms with van der Waals surface area (Å²) in [4.78, 5) is 0. The number of hydrogen-bond acceptors (Lipinski definition) is 5. The van der Waals surface area contributed by atoms with E-state index in [1.807, 2.05) is 23.9 Å². The van der Waals surface area contributed by atoms with Gasteiger partial charge in [-0.1, -0.05) is 0 Å². The summed E-state index contributed by atoms with van der Waals surface area (Å²) in [6, 6.07) is 3.94. The number of furan rings is 1. The van der Waals surface area contributed by atoms with E-state index in [9.17, 15) is 5.11 Å². The second-order valence-electron chi connectivity index (χ2n) is 5.17.